The number of hydrogen-bond donors (Lipinski definition) is 11. The van der Waals surface area contributed by atoms with Crippen LogP contribution in [0.1, 0.15) is 32.6 Å². The Morgan fingerprint density at radius 2 is 1.12 bits per heavy atom. The first-order valence-electron chi connectivity index (χ1n) is 17.3. The molecule has 0 aromatic rings. The first kappa shape index (κ1) is 44.8. The molecular weight excluding hydrogens is 706 g/mol. The Kier molecular flexibility index (Phi) is 19.6. The highest BCUT2D eigenvalue weighted by Crippen LogP contribution is 2.31. The first-order chi connectivity index (χ1) is 24.8. The topological polar surface area (TPSA) is 322 Å². The smallest absolute Gasteiger partial charge is 0.222 e. The van der Waals surface area contributed by atoms with Gasteiger partial charge in [-0.25, -0.2) is 0 Å². The molecule has 21 nitrogen and oxygen atoms in total. The molecule has 3 aliphatic rings. The van der Waals surface area contributed by atoms with Crippen LogP contribution in [-0.2, 0) is 47.5 Å². The van der Waals surface area contributed by atoms with E-state index in [4.69, 9.17) is 37.9 Å². The number of ether oxygens (including phenoxy) is 8. The average molecular weight is 762 g/mol. The van der Waals surface area contributed by atoms with E-state index in [1.165, 1.54) is 0 Å². The van der Waals surface area contributed by atoms with Gasteiger partial charge >= 0.3 is 0 Å². The van der Waals surface area contributed by atoms with Crippen molar-refractivity contribution in [2.24, 2.45) is 0 Å². The van der Waals surface area contributed by atoms with Crippen molar-refractivity contribution in [3.63, 3.8) is 0 Å². The van der Waals surface area contributed by atoms with Crippen LogP contribution < -0.4 is 5.32 Å². The van der Waals surface area contributed by atoms with Gasteiger partial charge in [-0.2, -0.15) is 0 Å². The quantitative estimate of drug-likeness (QED) is 0.0457. The van der Waals surface area contributed by atoms with Gasteiger partial charge in [0.25, 0.3) is 0 Å². The Morgan fingerprint density at radius 1 is 0.577 bits per heavy atom. The van der Waals surface area contributed by atoms with E-state index in [-0.39, 0.29) is 70.4 Å². The van der Waals surface area contributed by atoms with Crippen LogP contribution in [0.5, 0.6) is 0 Å². The number of carbonyl (C=O) groups excluding carboxylic acids is 2. The number of hydrogen-bond acceptors (Lipinski definition) is 20. The van der Waals surface area contributed by atoms with Gasteiger partial charge in [-0.05, 0) is 13.3 Å². The summed E-state index contributed by atoms with van der Waals surface area (Å²) < 4.78 is 43.9. The lowest BCUT2D eigenvalue weighted by molar-refractivity contribution is -0.366. The first-order valence-corrected chi connectivity index (χ1v) is 17.3. The molecule has 0 spiro atoms. The summed E-state index contributed by atoms with van der Waals surface area (Å²) in [6.07, 6.45) is -24.3. The lowest BCUT2D eigenvalue weighted by Gasteiger charge is -2.46. The molecule has 0 aromatic heterocycles. The van der Waals surface area contributed by atoms with E-state index in [0.29, 0.717) is 6.54 Å². The molecule has 3 fully saturated rings. The minimum atomic E-state index is -1.88. The minimum absolute atomic E-state index is 0.0757. The second kappa shape index (κ2) is 22.7. The zero-order chi connectivity index (χ0) is 38.4. The lowest BCUT2D eigenvalue weighted by atomic mass is 9.96. The van der Waals surface area contributed by atoms with Crippen LogP contribution >= 0.6 is 0 Å². The maximum atomic E-state index is 12.3. The summed E-state index contributed by atoms with van der Waals surface area (Å²) in [5.41, 5.74) is 0. The number of rotatable bonds is 22. The largest absolute Gasteiger partial charge is 0.394 e. The fourth-order valence-electron chi connectivity index (χ4n) is 5.62. The fourth-order valence-corrected chi connectivity index (χ4v) is 5.62. The molecule has 3 rings (SSSR count). The zero-order valence-electron chi connectivity index (χ0n) is 28.9. The second-order valence-corrected chi connectivity index (χ2v) is 12.5. The van der Waals surface area contributed by atoms with Crippen LogP contribution in [0.15, 0.2) is 0 Å². The van der Waals surface area contributed by atoms with Crippen molar-refractivity contribution in [1.82, 2.24) is 5.32 Å². The van der Waals surface area contributed by atoms with Crippen LogP contribution in [0.25, 0.3) is 0 Å². The highest BCUT2D eigenvalue weighted by atomic mass is 16.7. The number of aliphatic hydroxyl groups excluding tert-OH is 10. The van der Waals surface area contributed by atoms with Crippen molar-refractivity contribution < 1.29 is 98.5 Å². The molecule has 3 heterocycles. The number of aliphatic hydroxyl groups is 10. The van der Waals surface area contributed by atoms with Gasteiger partial charge in [0.05, 0.1) is 52.9 Å². The second-order valence-electron chi connectivity index (χ2n) is 12.5. The average Bonchev–Trinajstić information content (AvgIpc) is 3.12. The predicted molar refractivity (Wildman–Crippen MR) is 169 cm³/mol. The zero-order valence-corrected chi connectivity index (χ0v) is 28.9. The lowest BCUT2D eigenvalue weighted by Crippen LogP contribution is -2.65. The van der Waals surface area contributed by atoms with Crippen LogP contribution in [-0.4, -0.2) is 214 Å². The third-order valence-corrected chi connectivity index (χ3v) is 8.68. The van der Waals surface area contributed by atoms with Crippen molar-refractivity contribution in [3.05, 3.63) is 0 Å². The summed E-state index contributed by atoms with van der Waals surface area (Å²) in [7, 11) is 0. The Bertz CT molecular complexity index is 1040. The SMILES string of the molecule is CCNC(=O)CCOCCOCCC(=O)CCCO[C@H]1O[C@H](CO[C@H]2O[C@H](CO)[C@@H](O)[C@H](O)[C@@H]2O)[C@@H](O)[C@H](O[C@H]2O[C@H](CO)[C@@H](O)[C@H](O)[C@@H]2O)[C@@H]1O. The maximum absolute atomic E-state index is 12.3. The van der Waals surface area contributed by atoms with Gasteiger partial charge in [0.1, 0.15) is 79.0 Å². The number of nitrogens with one attached hydrogen (secondary N) is 1. The van der Waals surface area contributed by atoms with E-state index in [0.717, 1.165) is 0 Å². The predicted octanol–water partition coefficient (Wildman–Crippen LogP) is -6.25. The summed E-state index contributed by atoms with van der Waals surface area (Å²) in [5, 5.41) is 105. The van der Waals surface area contributed by atoms with E-state index >= 15 is 0 Å². The van der Waals surface area contributed by atoms with E-state index < -0.39 is 112 Å². The van der Waals surface area contributed by atoms with E-state index in [1.54, 1.807) is 0 Å². The molecular formula is C31H55NO20. The van der Waals surface area contributed by atoms with Gasteiger partial charge in [0, 0.05) is 25.8 Å². The molecule has 52 heavy (non-hydrogen) atoms. The Labute approximate surface area is 299 Å². The van der Waals surface area contributed by atoms with Crippen molar-refractivity contribution in [2.75, 3.05) is 59.4 Å². The summed E-state index contributed by atoms with van der Waals surface area (Å²) in [6, 6.07) is 0. The molecule has 0 bridgehead atoms. The Morgan fingerprint density at radius 3 is 1.71 bits per heavy atom. The monoisotopic (exact) mass is 761 g/mol. The Balaban J connectivity index is 1.54. The summed E-state index contributed by atoms with van der Waals surface area (Å²) >= 11 is 0. The summed E-state index contributed by atoms with van der Waals surface area (Å²) in [4.78, 5) is 23.7. The van der Waals surface area contributed by atoms with Gasteiger partial charge in [-0.3, -0.25) is 9.59 Å². The number of carbonyl (C=O) groups is 2. The molecule has 3 aliphatic heterocycles. The van der Waals surface area contributed by atoms with E-state index in [2.05, 4.69) is 5.32 Å². The van der Waals surface area contributed by atoms with E-state index in [9.17, 15) is 60.7 Å². The molecule has 0 aliphatic carbocycles. The van der Waals surface area contributed by atoms with Gasteiger partial charge in [-0.15, -0.1) is 0 Å². The van der Waals surface area contributed by atoms with Crippen molar-refractivity contribution in [2.45, 2.75) is 125 Å². The number of amides is 1. The standard InChI is InChI=1S/C31H55NO20/c1-2-32-19(36)6-9-46-11-10-45-8-5-15(35)4-3-7-47-30-27(44)28(52-31-26(43)24(41)21(38)17(13-34)50-31)22(39)18(51-30)14-48-29-25(42)23(40)20(37)16(12-33)49-29/h16-18,20-31,33-34,37-44H,2-14H2,1H3,(H,32,36)/t16-,17-,18-,20-,21-,22-,23+,24+,25+,26+,27+,28+,29+,30+,31-/m1/s1. The molecule has 11 N–H and O–H groups in total. The number of Topliss-reactive ketones (excluding diaryl/α,β-unsaturated/α-hetero) is 1. The molecule has 0 radical (unpaired) electrons. The van der Waals surface area contributed by atoms with Gasteiger partial charge in [0.2, 0.25) is 5.91 Å². The Hall–Kier alpha value is -1.58. The molecule has 0 aromatic carbocycles. The highest BCUT2D eigenvalue weighted by Gasteiger charge is 2.52. The third-order valence-electron chi connectivity index (χ3n) is 8.68. The number of ketones is 1. The van der Waals surface area contributed by atoms with Crippen LogP contribution in [0.2, 0.25) is 0 Å². The summed E-state index contributed by atoms with van der Waals surface area (Å²) in [5.74, 6) is -0.252. The fraction of sp³-hybridized carbons (Fsp3) is 0.935. The molecule has 0 unspecified atom stereocenters. The van der Waals surface area contributed by atoms with E-state index in [1.807, 2.05) is 6.92 Å². The van der Waals surface area contributed by atoms with Crippen molar-refractivity contribution in [3.8, 4) is 0 Å². The molecule has 0 saturated carbocycles. The van der Waals surface area contributed by atoms with Gasteiger partial charge in [0.15, 0.2) is 18.9 Å². The van der Waals surface area contributed by atoms with Gasteiger partial charge in [-0.1, -0.05) is 0 Å². The van der Waals surface area contributed by atoms with Crippen LogP contribution in [0.4, 0.5) is 0 Å². The maximum Gasteiger partial charge on any atom is 0.222 e. The van der Waals surface area contributed by atoms with Crippen LogP contribution in [0, 0.1) is 0 Å². The highest BCUT2D eigenvalue weighted by molar-refractivity contribution is 5.78. The molecule has 3 saturated heterocycles. The normalized spacial score (nSPS) is 38.2. The summed E-state index contributed by atoms with van der Waals surface area (Å²) in [6.45, 7) is 1.02. The van der Waals surface area contributed by atoms with Crippen LogP contribution in [0.3, 0.4) is 0 Å². The molecule has 1 amide bonds. The molecule has 304 valence electrons. The van der Waals surface area contributed by atoms with Gasteiger partial charge < -0.3 is 94.3 Å². The minimum Gasteiger partial charge on any atom is -0.394 e. The third kappa shape index (κ3) is 12.7. The van der Waals surface area contributed by atoms with Crippen molar-refractivity contribution in [1.29, 1.82) is 0 Å². The molecule has 21 heteroatoms. The van der Waals surface area contributed by atoms with Crippen molar-refractivity contribution >= 4 is 11.7 Å². The molecule has 15 atom stereocenters.